The number of likely N-dealkylation sites (tertiary alicyclic amines) is 1. The van der Waals surface area contributed by atoms with E-state index in [1.54, 1.807) is 18.7 Å². The standard InChI is InChI=1S/C15H20N2O3/c1-10(13(18)19)11-8-17(9-11)14(20)15(2,16)12-6-4-3-5-7-12/h3-7,10-11H,8-9,16H2,1-2H3,(H,18,19). The summed E-state index contributed by atoms with van der Waals surface area (Å²) in [7, 11) is 0. The number of hydrogen-bond donors (Lipinski definition) is 2. The molecule has 108 valence electrons. The number of carbonyl (C=O) groups is 2. The molecule has 1 aliphatic heterocycles. The third kappa shape index (κ3) is 2.54. The summed E-state index contributed by atoms with van der Waals surface area (Å²) in [5, 5.41) is 8.95. The zero-order valence-corrected chi connectivity index (χ0v) is 11.7. The van der Waals surface area contributed by atoms with E-state index in [9.17, 15) is 9.59 Å². The summed E-state index contributed by atoms with van der Waals surface area (Å²) in [4.78, 5) is 25.0. The molecule has 0 aliphatic carbocycles. The van der Waals surface area contributed by atoms with Gasteiger partial charge in [0.2, 0.25) is 5.91 Å². The first kappa shape index (κ1) is 14.5. The molecule has 0 bridgehead atoms. The van der Waals surface area contributed by atoms with Crippen LogP contribution in [-0.4, -0.2) is 35.0 Å². The highest BCUT2D eigenvalue weighted by molar-refractivity contribution is 5.88. The van der Waals surface area contributed by atoms with E-state index < -0.39 is 17.4 Å². The Labute approximate surface area is 118 Å². The Morgan fingerprint density at radius 3 is 2.40 bits per heavy atom. The van der Waals surface area contributed by atoms with Crippen molar-refractivity contribution in [3.05, 3.63) is 35.9 Å². The van der Waals surface area contributed by atoms with Crippen LogP contribution < -0.4 is 5.73 Å². The highest BCUT2D eigenvalue weighted by atomic mass is 16.4. The Morgan fingerprint density at radius 2 is 1.90 bits per heavy atom. The molecule has 2 unspecified atom stereocenters. The maximum atomic E-state index is 12.4. The van der Waals surface area contributed by atoms with E-state index in [2.05, 4.69) is 0 Å². The SMILES string of the molecule is CC(C(=O)O)C1CN(C(=O)C(C)(N)c2ccccc2)C1. The number of hydrogen-bond acceptors (Lipinski definition) is 3. The van der Waals surface area contributed by atoms with Crippen LogP contribution in [0.3, 0.4) is 0 Å². The fourth-order valence-electron chi connectivity index (χ4n) is 2.43. The predicted octanol–water partition coefficient (Wildman–Crippen LogP) is 1.04. The predicted molar refractivity (Wildman–Crippen MR) is 74.9 cm³/mol. The third-order valence-electron chi connectivity index (χ3n) is 4.11. The maximum Gasteiger partial charge on any atom is 0.306 e. The number of carbonyl (C=O) groups excluding carboxylic acids is 1. The Morgan fingerprint density at radius 1 is 1.35 bits per heavy atom. The van der Waals surface area contributed by atoms with Gasteiger partial charge < -0.3 is 15.7 Å². The van der Waals surface area contributed by atoms with Crippen molar-refractivity contribution in [3.8, 4) is 0 Å². The second kappa shape index (κ2) is 5.25. The van der Waals surface area contributed by atoms with Crippen LogP contribution >= 0.6 is 0 Å². The van der Waals surface area contributed by atoms with Crippen LogP contribution in [0.1, 0.15) is 19.4 Å². The normalized spacial score (nSPS) is 19.9. The largest absolute Gasteiger partial charge is 0.481 e. The van der Waals surface area contributed by atoms with Gasteiger partial charge in [-0.3, -0.25) is 9.59 Å². The number of aliphatic carboxylic acids is 1. The molecule has 2 rings (SSSR count). The molecule has 3 N–H and O–H groups in total. The van der Waals surface area contributed by atoms with Gasteiger partial charge >= 0.3 is 5.97 Å². The van der Waals surface area contributed by atoms with Gasteiger partial charge in [-0.1, -0.05) is 37.3 Å². The minimum Gasteiger partial charge on any atom is -0.481 e. The Bertz CT molecular complexity index is 507. The maximum absolute atomic E-state index is 12.4. The fraction of sp³-hybridized carbons (Fsp3) is 0.467. The van der Waals surface area contributed by atoms with Gasteiger partial charge in [0.05, 0.1) is 5.92 Å². The lowest BCUT2D eigenvalue weighted by atomic mass is 9.84. The van der Waals surface area contributed by atoms with Crippen LogP contribution in [0.5, 0.6) is 0 Å². The van der Waals surface area contributed by atoms with Gasteiger partial charge in [-0.2, -0.15) is 0 Å². The van der Waals surface area contributed by atoms with E-state index >= 15 is 0 Å². The zero-order chi connectivity index (χ0) is 14.9. The van der Waals surface area contributed by atoms with E-state index in [-0.39, 0.29) is 11.8 Å². The molecule has 0 radical (unpaired) electrons. The molecule has 0 aromatic heterocycles. The Balaban J connectivity index is 2.02. The fourth-order valence-corrected chi connectivity index (χ4v) is 2.43. The summed E-state index contributed by atoms with van der Waals surface area (Å²) < 4.78 is 0. The molecular formula is C15H20N2O3. The topological polar surface area (TPSA) is 83.6 Å². The van der Waals surface area contributed by atoms with Crippen LogP contribution in [0.2, 0.25) is 0 Å². The molecular weight excluding hydrogens is 256 g/mol. The summed E-state index contributed by atoms with van der Waals surface area (Å²) >= 11 is 0. The van der Waals surface area contributed by atoms with Crippen molar-refractivity contribution in [1.29, 1.82) is 0 Å². The van der Waals surface area contributed by atoms with E-state index in [1.807, 2.05) is 30.3 Å². The molecule has 5 heteroatoms. The van der Waals surface area contributed by atoms with Gasteiger partial charge in [0, 0.05) is 19.0 Å². The Kier molecular flexibility index (Phi) is 3.81. The highest BCUT2D eigenvalue weighted by Crippen LogP contribution is 2.29. The molecule has 1 aromatic rings. The molecule has 1 saturated heterocycles. The van der Waals surface area contributed by atoms with Crippen LogP contribution in [0.25, 0.3) is 0 Å². The number of carboxylic acid groups (broad SMARTS) is 1. The van der Waals surface area contributed by atoms with Crippen molar-refractivity contribution >= 4 is 11.9 Å². The van der Waals surface area contributed by atoms with Gasteiger partial charge in [0.1, 0.15) is 5.54 Å². The van der Waals surface area contributed by atoms with E-state index in [4.69, 9.17) is 10.8 Å². The number of benzene rings is 1. The summed E-state index contributed by atoms with van der Waals surface area (Å²) in [6.45, 7) is 4.30. The molecule has 0 saturated carbocycles. The van der Waals surface area contributed by atoms with Crippen molar-refractivity contribution in [2.75, 3.05) is 13.1 Å². The third-order valence-corrected chi connectivity index (χ3v) is 4.11. The van der Waals surface area contributed by atoms with E-state index in [1.165, 1.54) is 0 Å². The average molecular weight is 276 g/mol. The number of carboxylic acids is 1. The lowest BCUT2D eigenvalue weighted by molar-refractivity contribution is -0.153. The van der Waals surface area contributed by atoms with E-state index in [0.29, 0.717) is 13.1 Å². The lowest BCUT2D eigenvalue weighted by Gasteiger charge is -2.44. The first-order valence-corrected chi connectivity index (χ1v) is 6.70. The molecule has 1 heterocycles. The first-order valence-electron chi connectivity index (χ1n) is 6.70. The molecule has 1 amide bonds. The summed E-state index contributed by atoms with van der Waals surface area (Å²) in [6.07, 6.45) is 0. The molecule has 5 nitrogen and oxygen atoms in total. The van der Waals surface area contributed by atoms with Crippen LogP contribution in [0.4, 0.5) is 0 Å². The zero-order valence-electron chi connectivity index (χ0n) is 11.7. The highest BCUT2D eigenvalue weighted by Gasteiger charge is 2.43. The van der Waals surface area contributed by atoms with Crippen molar-refractivity contribution in [3.63, 3.8) is 0 Å². The minimum absolute atomic E-state index is 0.0167. The van der Waals surface area contributed by atoms with Gasteiger partial charge in [-0.05, 0) is 12.5 Å². The summed E-state index contributed by atoms with van der Waals surface area (Å²) in [5.74, 6) is -1.39. The monoisotopic (exact) mass is 276 g/mol. The van der Waals surface area contributed by atoms with Crippen molar-refractivity contribution in [2.45, 2.75) is 19.4 Å². The quantitative estimate of drug-likeness (QED) is 0.860. The van der Waals surface area contributed by atoms with Gasteiger partial charge in [-0.25, -0.2) is 0 Å². The van der Waals surface area contributed by atoms with Gasteiger partial charge in [0.25, 0.3) is 0 Å². The Hall–Kier alpha value is -1.88. The number of rotatable bonds is 4. The van der Waals surface area contributed by atoms with Crippen LogP contribution in [-0.2, 0) is 15.1 Å². The first-order chi connectivity index (χ1) is 9.34. The smallest absolute Gasteiger partial charge is 0.306 e. The second-order valence-electron chi connectivity index (χ2n) is 5.67. The van der Waals surface area contributed by atoms with Crippen molar-refractivity contribution in [2.24, 2.45) is 17.6 Å². The van der Waals surface area contributed by atoms with Gasteiger partial charge in [0.15, 0.2) is 0 Å². The number of amides is 1. The molecule has 1 aliphatic rings. The average Bonchev–Trinajstić information content (AvgIpc) is 2.37. The van der Waals surface area contributed by atoms with Gasteiger partial charge in [-0.15, -0.1) is 0 Å². The molecule has 2 atom stereocenters. The molecule has 0 spiro atoms. The molecule has 20 heavy (non-hydrogen) atoms. The van der Waals surface area contributed by atoms with Crippen molar-refractivity contribution in [1.82, 2.24) is 4.90 Å². The minimum atomic E-state index is -1.07. The second-order valence-corrected chi connectivity index (χ2v) is 5.67. The van der Waals surface area contributed by atoms with Crippen molar-refractivity contribution < 1.29 is 14.7 Å². The number of nitrogens with zero attached hydrogens (tertiary/aromatic N) is 1. The van der Waals surface area contributed by atoms with Crippen LogP contribution in [0.15, 0.2) is 30.3 Å². The molecule has 1 aromatic carbocycles. The van der Waals surface area contributed by atoms with Crippen LogP contribution in [0, 0.1) is 11.8 Å². The van der Waals surface area contributed by atoms with E-state index in [0.717, 1.165) is 5.56 Å². The lowest BCUT2D eigenvalue weighted by Crippen LogP contribution is -2.60. The summed E-state index contributed by atoms with van der Waals surface area (Å²) in [5.41, 5.74) is 5.86. The number of nitrogens with two attached hydrogens (primary N) is 1. The summed E-state index contributed by atoms with van der Waals surface area (Å²) in [6, 6.07) is 9.22. The molecule has 1 fully saturated rings.